The van der Waals surface area contributed by atoms with Gasteiger partial charge in [0.25, 0.3) is 0 Å². The van der Waals surface area contributed by atoms with E-state index in [9.17, 15) is 14.4 Å². The zero-order chi connectivity index (χ0) is 20.4. The summed E-state index contributed by atoms with van der Waals surface area (Å²) < 4.78 is 0. The van der Waals surface area contributed by atoms with Gasteiger partial charge >= 0.3 is 0 Å². The zero-order valence-electron chi connectivity index (χ0n) is 16.6. The number of aryl methyl sites for hydroxylation is 2. The van der Waals surface area contributed by atoms with E-state index in [1.165, 1.54) is 11.8 Å². The van der Waals surface area contributed by atoms with E-state index < -0.39 is 17.9 Å². The molecule has 0 spiro atoms. The first kappa shape index (κ1) is 17.9. The standard InChI is InChI=1S/C24H22N2O3/c1-13-10-14(2)12-17(11-13)26-23(28)19-20(24(26)29)22-18-7-5-4-6-16(18)8-9-25(22)21(19)15(3)27/h4-12,19-22H,1-3H3/t19-,20+,21-,22+/m1/s1. The van der Waals surface area contributed by atoms with Gasteiger partial charge in [-0.05, 0) is 61.2 Å². The molecule has 0 bridgehead atoms. The number of imide groups is 1. The van der Waals surface area contributed by atoms with E-state index in [2.05, 4.69) is 0 Å². The number of hydrogen-bond acceptors (Lipinski definition) is 4. The van der Waals surface area contributed by atoms with Crippen LogP contribution in [-0.4, -0.2) is 28.5 Å². The SMILES string of the molecule is CC(=O)[C@@H]1[C@@H]2C(=O)N(c3cc(C)cc(C)c3)C(=O)[C@@H]2[C@@H]2c3ccccc3C=CN12. The molecule has 2 aromatic rings. The van der Waals surface area contributed by atoms with Crippen molar-refractivity contribution in [3.8, 4) is 0 Å². The van der Waals surface area contributed by atoms with Crippen molar-refractivity contribution in [3.63, 3.8) is 0 Å². The quantitative estimate of drug-likeness (QED) is 0.743. The van der Waals surface area contributed by atoms with Gasteiger partial charge in [-0.2, -0.15) is 0 Å². The molecule has 0 unspecified atom stereocenters. The molecule has 2 fully saturated rings. The van der Waals surface area contributed by atoms with E-state index in [0.717, 1.165) is 22.3 Å². The minimum absolute atomic E-state index is 0.0880. The molecular weight excluding hydrogens is 364 g/mol. The van der Waals surface area contributed by atoms with E-state index in [4.69, 9.17) is 0 Å². The number of rotatable bonds is 2. The highest BCUT2D eigenvalue weighted by atomic mass is 16.2. The van der Waals surface area contributed by atoms with E-state index in [1.807, 2.05) is 73.5 Å². The predicted octanol–water partition coefficient (Wildman–Crippen LogP) is 3.41. The third-order valence-electron chi connectivity index (χ3n) is 6.34. The highest BCUT2D eigenvalue weighted by Crippen LogP contribution is 2.53. The van der Waals surface area contributed by atoms with Crippen LogP contribution in [-0.2, 0) is 14.4 Å². The van der Waals surface area contributed by atoms with Crippen molar-refractivity contribution in [2.45, 2.75) is 32.9 Å². The Hall–Kier alpha value is -3.21. The van der Waals surface area contributed by atoms with Crippen LogP contribution in [0.3, 0.4) is 0 Å². The Morgan fingerprint density at radius 1 is 0.931 bits per heavy atom. The Balaban J connectivity index is 1.66. The summed E-state index contributed by atoms with van der Waals surface area (Å²) >= 11 is 0. The summed E-state index contributed by atoms with van der Waals surface area (Å²) in [7, 11) is 0. The van der Waals surface area contributed by atoms with Crippen molar-refractivity contribution < 1.29 is 14.4 Å². The number of ketones is 1. The predicted molar refractivity (Wildman–Crippen MR) is 110 cm³/mol. The van der Waals surface area contributed by atoms with Crippen LogP contribution in [0.2, 0.25) is 0 Å². The Morgan fingerprint density at radius 3 is 2.28 bits per heavy atom. The Kier molecular flexibility index (Phi) is 3.78. The maximum absolute atomic E-state index is 13.6. The van der Waals surface area contributed by atoms with E-state index >= 15 is 0 Å². The van der Waals surface area contributed by atoms with Gasteiger partial charge in [-0.3, -0.25) is 14.4 Å². The average Bonchev–Trinajstić information content (AvgIpc) is 3.14. The van der Waals surface area contributed by atoms with Gasteiger partial charge in [0.05, 0.1) is 29.6 Å². The number of fused-ring (bicyclic) bond motifs is 5. The summed E-state index contributed by atoms with van der Waals surface area (Å²) in [5.74, 6) is -1.81. The molecule has 2 amide bonds. The van der Waals surface area contributed by atoms with E-state index in [1.54, 1.807) is 0 Å². The van der Waals surface area contributed by atoms with Gasteiger partial charge in [0.1, 0.15) is 0 Å². The molecule has 146 valence electrons. The second-order valence-corrected chi connectivity index (χ2v) is 8.30. The van der Waals surface area contributed by atoms with E-state index in [-0.39, 0.29) is 23.6 Å². The molecule has 3 heterocycles. The zero-order valence-corrected chi connectivity index (χ0v) is 16.6. The van der Waals surface area contributed by atoms with Crippen molar-refractivity contribution in [3.05, 3.63) is 70.9 Å². The lowest BCUT2D eigenvalue weighted by Crippen LogP contribution is -2.43. The summed E-state index contributed by atoms with van der Waals surface area (Å²) in [5, 5.41) is 0. The number of anilines is 1. The van der Waals surface area contributed by atoms with Gasteiger partial charge in [-0.15, -0.1) is 0 Å². The van der Waals surface area contributed by atoms with Gasteiger partial charge in [0.2, 0.25) is 11.8 Å². The fraction of sp³-hybridized carbons (Fsp3) is 0.292. The van der Waals surface area contributed by atoms with Crippen LogP contribution in [0.1, 0.15) is 35.2 Å². The molecule has 0 aromatic heterocycles. The first-order valence-corrected chi connectivity index (χ1v) is 9.89. The summed E-state index contributed by atoms with van der Waals surface area (Å²) in [6.45, 7) is 5.41. The fourth-order valence-corrected chi connectivity index (χ4v) is 5.36. The summed E-state index contributed by atoms with van der Waals surface area (Å²) in [4.78, 5) is 42.9. The van der Waals surface area contributed by atoms with Crippen molar-refractivity contribution in [1.82, 2.24) is 4.90 Å². The third kappa shape index (κ3) is 2.43. The first-order valence-electron chi connectivity index (χ1n) is 9.89. The molecule has 0 saturated carbocycles. The highest BCUT2D eigenvalue weighted by Gasteiger charge is 2.63. The molecule has 5 nitrogen and oxygen atoms in total. The third-order valence-corrected chi connectivity index (χ3v) is 6.34. The van der Waals surface area contributed by atoms with Crippen molar-refractivity contribution in [1.29, 1.82) is 0 Å². The normalized spacial score (nSPS) is 27.1. The van der Waals surface area contributed by atoms with Crippen molar-refractivity contribution in [2.75, 3.05) is 4.90 Å². The monoisotopic (exact) mass is 386 g/mol. The smallest absolute Gasteiger partial charge is 0.240 e. The van der Waals surface area contributed by atoms with Crippen LogP contribution in [0.5, 0.6) is 0 Å². The Bertz CT molecular complexity index is 1080. The van der Waals surface area contributed by atoms with Gasteiger partial charge in [0.15, 0.2) is 5.78 Å². The average molecular weight is 386 g/mol. The molecule has 2 aromatic carbocycles. The Labute approximate surface area is 169 Å². The van der Waals surface area contributed by atoms with Crippen LogP contribution >= 0.6 is 0 Å². The molecule has 4 atom stereocenters. The summed E-state index contributed by atoms with van der Waals surface area (Å²) in [6.07, 6.45) is 3.83. The van der Waals surface area contributed by atoms with Crippen LogP contribution in [0.4, 0.5) is 5.69 Å². The lowest BCUT2D eigenvalue weighted by molar-refractivity contribution is -0.129. The second kappa shape index (κ2) is 6.14. The Morgan fingerprint density at radius 2 is 1.59 bits per heavy atom. The fourth-order valence-electron chi connectivity index (χ4n) is 5.36. The maximum atomic E-state index is 13.6. The molecule has 5 rings (SSSR count). The molecule has 3 aliphatic heterocycles. The summed E-state index contributed by atoms with van der Waals surface area (Å²) in [5.41, 5.74) is 4.61. The summed E-state index contributed by atoms with van der Waals surface area (Å²) in [6, 6.07) is 12.7. The minimum Gasteiger partial charge on any atom is -0.359 e. The number of nitrogens with zero attached hydrogens (tertiary/aromatic N) is 2. The number of benzene rings is 2. The van der Waals surface area contributed by atoms with Gasteiger partial charge in [0, 0.05) is 6.20 Å². The van der Waals surface area contributed by atoms with Gasteiger partial charge in [-0.25, -0.2) is 4.90 Å². The molecule has 0 N–H and O–H groups in total. The molecule has 5 heteroatoms. The number of carbonyl (C=O) groups excluding carboxylic acids is 3. The molecule has 0 aliphatic carbocycles. The second-order valence-electron chi connectivity index (χ2n) is 8.30. The molecular formula is C24H22N2O3. The first-order chi connectivity index (χ1) is 13.9. The maximum Gasteiger partial charge on any atom is 0.240 e. The number of amides is 2. The van der Waals surface area contributed by atoms with Crippen molar-refractivity contribution >= 4 is 29.4 Å². The van der Waals surface area contributed by atoms with Crippen LogP contribution in [0.15, 0.2) is 48.7 Å². The lowest BCUT2D eigenvalue weighted by Gasteiger charge is -2.35. The number of hydrogen-bond donors (Lipinski definition) is 0. The van der Waals surface area contributed by atoms with E-state index in [0.29, 0.717) is 5.69 Å². The highest BCUT2D eigenvalue weighted by molar-refractivity contribution is 6.24. The largest absolute Gasteiger partial charge is 0.359 e. The van der Waals surface area contributed by atoms with Crippen LogP contribution in [0.25, 0.3) is 6.08 Å². The molecule has 2 saturated heterocycles. The molecule has 29 heavy (non-hydrogen) atoms. The number of carbonyl (C=O) groups is 3. The molecule has 0 radical (unpaired) electrons. The van der Waals surface area contributed by atoms with Crippen molar-refractivity contribution in [2.24, 2.45) is 11.8 Å². The van der Waals surface area contributed by atoms with Crippen LogP contribution in [0, 0.1) is 25.7 Å². The van der Waals surface area contributed by atoms with Gasteiger partial charge < -0.3 is 4.90 Å². The minimum atomic E-state index is -0.665. The lowest BCUT2D eigenvalue weighted by atomic mass is 9.84. The van der Waals surface area contributed by atoms with Gasteiger partial charge in [-0.1, -0.05) is 30.3 Å². The molecule has 3 aliphatic rings. The van der Waals surface area contributed by atoms with Crippen LogP contribution < -0.4 is 4.90 Å². The number of Topliss-reactive ketones (excluding diaryl/α,β-unsaturated/α-hetero) is 1. The topological polar surface area (TPSA) is 57.7 Å².